The van der Waals surface area contributed by atoms with Crippen molar-refractivity contribution in [2.75, 3.05) is 5.32 Å². The van der Waals surface area contributed by atoms with Crippen molar-refractivity contribution in [3.63, 3.8) is 0 Å². The Bertz CT molecular complexity index is 1400. The highest BCUT2D eigenvalue weighted by atomic mass is 16.5. The van der Waals surface area contributed by atoms with Crippen LogP contribution in [0.1, 0.15) is 52.9 Å². The number of para-hydroxylation sites is 1. The summed E-state index contributed by atoms with van der Waals surface area (Å²) in [5.41, 5.74) is 3.72. The van der Waals surface area contributed by atoms with Crippen molar-refractivity contribution < 1.29 is 23.3 Å². The second-order valence-corrected chi connectivity index (χ2v) is 8.13. The molecule has 1 aromatic carbocycles. The number of carbonyl (C=O) groups excluding carboxylic acids is 2. The molecule has 3 heterocycles. The molecule has 0 fully saturated rings. The number of pyridine rings is 1. The first-order chi connectivity index (χ1) is 16.5. The van der Waals surface area contributed by atoms with Crippen molar-refractivity contribution in [1.29, 1.82) is 0 Å². The van der Waals surface area contributed by atoms with Crippen LogP contribution >= 0.6 is 0 Å². The van der Waals surface area contributed by atoms with Crippen molar-refractivity contribution in [3.8, 4) is 0 Å². The Kier molecular flexibility index (Phi) is 5.71. The highest BCUT2D eigenvalue weighted by Gasteiger charge is 2.30. The summed E-state index contributed by atoms with van der Waals surface area (Å²) in [5.74, 6) is 0.565. The Balaban J connectivity index is 1.49. The Morgan fingerprint density at radius 3 is 2.79 bits per heavy atom. The smallest absolute Gasteiger partial charge is 0.339 e. The van der Waals surface area contributed by atoms with E-state index < -0.39 is 18.0 Å². The second-order valence-electron chi connectivity index (χ2n) is 8.13. The van der Waals surface area contributed by atoms with Gasteiger partial charge < -0.3 is 19.0 Å². The van der Waals surface area contributed by atoms with Crippen LogP contribution in [0.4, 0.5) is 5.82 Å². The molecule has 3 aromatic heterocycles. The first-order valence-electron chi connectivity index (χ1n) is 11.1. The highest BCUT2D eigenvalue weighted by Crippen LogP contribution is 2.38. The number of hydrogen-bond donors (Lipinski definition) is 1. The van der Waals surface area contributed by atoms with Crippen LogP contribution in [0, 0.1) is 6.92 Å². The predicted octanol–water partition coefficient (Wildman–Crippen LogP) is 5.19. The monoisotopic (exact) mass is 457 g/mol. The summed E-state index contributed by atoms with van der Waals surface area (Å²) in [7, 11) is 0. The lowest BCUT2D eigenvalue weighted by atomic mass is 10.0. The van der Waals surface area contributed by atoms with Crippen molar-refractivity contribution in [2.24, 2.45) is 0 Å². The minimum absolute atomic E-state index is 0.278. The molecule has 1 aliphatic rings. The van der Waals surface area contributed by atoms with Crippen molar-refractivity contribution in [3.05, 3.63) is 77.1 Å². The third-order valence-electron chi connectivity index (χ3n) is 5.80. The SMILES string of the molecule is CCC(OC(=O)c1c2c(nc3ccccc13)/C(=C/c1ccco1)CC2)C(=O)Nc1cc(C)on1. The fourth-order valence-corrected chi connectivity index (χ4v) is 4.20. The fraction of sp³-hybridized carbons (Fsp3) is 0.231. The maximum absolute atomic E-state index is 13.5. The predicted molar refractivity (Wildman–Crippen MR) is 126 cm³/mol. The van der Waals surface area contributed by atoms with Gasteiger partial charge in [0.2, 0.25) is 0 Å². The van der Waals surface area contributed by atoms with Gasteiger partial charge in [-0.2, -0.15) is 0 Å². The maximum atomic E-state index is 13.5. The van der Waals surface area contributed by atoms with E-state index in [-0.39, 0.29) is 5.82 Å². The second kappa shape index (κ2) is 8.97. The molecule has 1 unspecified atom stereocenters. The van der Waals surface area contributed by atoms with E-state index in [0.29, 0.717) is 35.1 Å². The number of allylic oxidation sites excluding steroid dienone is 1. The number of benzene rings is 1. The van der Waals surface area contributed by atoms with Gasteiger partial charge in [0, 0.05) is 11.5 Å². The summed E-state index contributed by atoms with van der Waals surface area (Å²) < 4.78 is 16.2. The number of ether oxygens (including phenoxy) is 1. The van der Waals surface area contributed by atoms with Gasteiger partial charge in [-0.3, -0.25) is 4.79 Å². The Morgan fingerprint density at radius 1 is 1.21 bits per heavy atom. The number of rotatable bonds is 6. The number of nitrogens with zero attached hydrogens (tertiary/aromatic N) is 2. The standard InChI is InChI=1S/C26H23N3O5/c1-3-21(25(30)28-22-13-15(2)34-29-22)33-26(31)23-18-8-4-5-9-20(18)27-24-16(10-11-19(23)24)14-17-7-6-12-32-17/h4-9,12-14,21H,3,10-11H2,1-2H3,(H,28,29,30)/b16-14+. The van der Waals surface area contributed by atoms with E-state index in [2.05, 4.69) is 10.5 Å². The number of nitrogens with one attached hydrogen (secondary N) is 1. The lowest BCUT2D eigenvalue weighted by molar-refractivity contribution is -0.124. The molecule has 4 aromatic rings. The molecule has 1 amide bonds. The summed E-state index contributed by atoms with van der Waals surface area (Å²) in [6.45, 7) is 3.51. The zero-order chi connectivity index (χ0) is 23.7. The molecule has 8 heteroatoms. The summed E-state index contributed by atoms with van der Waals surface area (Å²) in [6.07, 6.45) is 4.27. The van der Waals surface area contributed by atoms with E-state index in [1.165, 1.54) is 0 Å². The highest BCUT2D eigenvalue weighted by molar-refractivity contribution is 6.08. The molecule has 0 spiro atoms. The van der Waals surface area contributed by atoms with Crippen LogP contribution in [-0.4, -0.2) is 28.1 Å². The van der Waals surface area contributed by atoms with Gasteiger partial charge in [-0.25, -0.2) is 9.78 Å². The minimum atomic E-state index is -0.980. The van der Waals surface area contributed by atoms with Gasteiger partial charge in [-0.15, -0.1) is 0 Å². The molecule has 5 rings (SSSR count). The van der Waals surface area contributed by atoms with E-state index in [1.54, 1.807) is 26.2 Å². The fourth-order valence-electron chi connectivity index (χ4n) is 4.20. The molecule has 1 atom stereocenters. The van der Waals surface area contributed by atoms with Gasteiger partial charge in [0.05, 0.1) is 23.0 Å². The molecule has 8 nitrogen and oxygen atoms in total. The zero-order valence-corrected chi connectivity index (χ0v) is 18.8. The number of carbonyl (C=O) groups is 2. The van der Waals surface area contributed by atoms with Gasteiger partial charge in [0.25, 0.3) is 5.91 Å². The van der Waals surface area contributed by atoms with Gasteiger partial charge in [0.1, 0.15) is 11.5 Å². The van der Waals surface area contributed by atoms with Crippen LogP contribution < -0.4 is 5.32 Å². The first-order valence-corrected chi connectivity index (χ1v) is 11.1. The lowest BCUT2D eigenvalue weighted by Crippen LogP contribution is -2.32. The van der Waals surface area contributed by atoms with E-state index in [0.717, 1.165) is 29.0 Å². The van der Waals surface area contributed by atoms with E-state index in [4.69, 9.17) is 18.7 Å². The third kappa shape index (κ3) is 4.10. The number of hydrogen-bond acceptors (Lipinski definition) is 7. The van der Waals surface area contributed by atoms with Crippen molar-refractivity contribution in [2.45, 2.75) is 39.2 Å². The molecular formula is C26H23N3O5. The van der Waals surface area contributed by atoms with E-state index >= 15 is 0 Å². The summed E-state index contributed by atoms with van der Waals surface area (Å²) in [5, 5.41) is 7.11. The van der Waals surface area contributed by atoms with Crippen molar-refractivity contribution >= 4 is 40.2 Å². The first kappa shape index (κ1) is 21.6. The summed E-state index contributed by atoms with van der Waals surface area (Å²) in [6, 6.07) is 12.8. The van der Waals surface area contributed by atoms with Crippen LogP contribution in [0.25, 0.3) is 22.6 Å². The lowest BCUT2D eigenvalue weighted by Gasteiger charge is -2.17. The summed E-state index contributed by atoms with van der Waals surface area (Å²) in [4.78, 5) is 31.1. The average molecular weight is 457 g/mol. The molecular weight excluding hydrogens is 434 g/mol. The molecule has 1 N–H and O–H groups in total. The Morgan fingerprint density at radius 2 is 2.06 bits per heavy atom. The van der Waals surface area contributed by atoms with E-state index in [9.17, 15) is 9.59 Å². The Labute approximate surface area is 195 Å². The quantitative estimate of drug-likeness (QED) is 0.397. The van der Waals surface area contributed by atoms with Crippen LogP contribution in [0.2, 0.25) is 0 Å². The topological polar surface area (TPSA) is 107 Å². The Hall–Kier alpha value is -4.20. The summed E-state index contributed by atoms with van der Waals surface area (Å²) >= 11 is 0. The average Bonchev–Trinajstić information content (AvgIpc) is 3.58. The molecule has 0 saturated heterocycles. The number of aromatic nitrogens is 2. The van der Waals surface area contributed by atoms with E-state index in [1.807, 2.05) is 42.5 Å². The van der Waals surface area contributed by atoms with Crippen molar-refractivity contribution in [1.82, 2.24) is 10.1 Å². The number of aryl methyl sites for hydroxylation is 1. The van der Waals surface area contributed by atoms with Crippen LogP contribution in [0.15, 0.2) is 57.7 Å². The molecule has 34 heavy (non-hydrogen) atoms. The molecule has 0 radical (unpaired) electrons. The van der Waals surface area contributed by atoms with Crippen LogP contribution in [0.3, 0.4) is 0 Å². The normalized spacial score (nSPS) is 14.8. The van der Waals surface area contributed by atoms with Crippen LogP contribution in [-0.2, 0) is 16.0 Å². The van der Waals surface area contributed by atoms with Gasteiger partial charge in [-0.05, 0) is 61.6 Å². The minimum Gasteiger partial charge on any atom is -0.465 e. The molecule has 172 valence electrons. The largest absolute Gasteiger partial charge is 0.465 e. The number of anilines is 1. The maximum Gasteiger partial charge on any atom is 0.339 e. The number of furan rings is 1. The zero-order valence-electron chi connectivity index (χ0n) is 18.8. The number of amides is 1. The van der Waals surface area contributed by atoms with Crippen LogP contribution in [0.5, 0.6) is 0 Å². The van der Waals surface area contributed by atoms with Gasteiger partial charge in [-0.1, -0.05) is 30.3 Å². The molecule has 0 bridgehead atoms. The molecule has 1 aliphatic carbocycles. The van der Waals surface area contributed by atoms with Gasteiger partial charge >= 0.3 is 5.97 Å². The molecule has 0 saturated carbocycles. The number of esters is 1. The molecule has 0 aliphatic heterocycles. The third-order valence-corrected chi connectivity index (χ3v) is 5.80. The van der Waals surface area contributed by atoms with Gasteiger partial charge in [0.15, 0.2) is 11.9 Å². The number of fused-ring (bicyclic) bond motifs is 2.